The van der Waals surface area contributed by atoms with Crippen molar-refractivity contribution in [2.75, 3.05) is 27.2 Å². The van der Waals surface area contributed by atoms with Crippen molar-refractivity contribution in [2.24, 2.45) is 17.3 Å². The Morgan fingerprint density at radius 2 is 1.33 bits per heavy atom. The molecule has 0 aromatic heterocycles. The summed E-state index contributed by atoms with van der Waals surface area (Å²) in [4.78, 5) is 55.0. The van der Waals surface area contributed by atoms with E-state index in [0.717, 1.165) is 25.7 Å². The Kier molecular flexibility index (Phi) is 9.29. The van der Waals surface area contributed by atoms with E-state index in [1.54, 1.807) is 52.1 Å². The molecule has 214 valence electrons. The van der Waals surface area contributed by atoms with Crippen molar-refractivity contribution in [2.45, 2.75) is 79.2 Å². The van der Waals surface area contributed by atoms with Gasteiger partial charge in [-0.2, -0.15) is 0 Å². The Morgan fingerprint density at radius 3 is 1.85 bits per heavy atom. The quantitative estimate of drug-likeness (QED) is 0.409. The van der Waals surface area contributed by atoms with Crippen molar-refractivity contribution in [1.29, 1.82) is 0 Å². The minimum Gasteiger partial charge on any atom is -0.444 e. The summed E-state index contributed by atoms with van der Waals surface area (Å²) in [5.74, 6) is -0.00475. The van der Waals surface area contributed by atoms with Crippen molar-refractivity contribution in [3.8, 4) is 0 Å². The lowest BCUT2D eigenvalue weighted by atomic mass is 9.68. The highest BCUT2D eigenvalue weighted by Gasteiger charge is 2.38. The predicted octanol–water partition coefficient (Wildman–Crippen LogP) is 6.50. The number of amides is 2. The molecule has 0 saturated heterocycles. The molecule has 1 saturated carbocycles. The van der Waals surface area contributed by atoms with Crippen molar-refractivity contribution >= 4 is 23.8 Å². The van der Waals surface area contributed by atoms with Gasteiger partial charge in [0.05, 0.1) is 0 Å². The molecular weight excluding hydrogens is 496 g/mol. The zero-order chi connectivity index (χ0) is 29.1. The highest BCUT2D eigenvalue weighted by atomic mass is 16.6. The van der Waals surface area contributed by atoms with Gasteiger partial charge >= 0.3 is 12.2 Å². The summed E-state index contributed by atoms with van der Waals surface area (Å²) in [6.07, 6.45) is 3.23. The van der Waals surface area contributed by atoms with Gasteiger partial charge in [0.15, 0.2) is 11.5 Å². The molecule has 0 atom stereocenters. The summed E-state index contributed by atoms with van der Waals surface area (Å²) in [6, 6.07) is 6.68. The minimum atomic E-state index is -0.753. The number of likely N-dealkylation sites (N-methyl/N-ethyl adjacent to an activating group) is 2. The van der Waals surface area contributed by atoms with Crippen LogP contribution in [0, 0.1) is 17.3 Å². The number of nitrogens with zero attached hydrogens (tertiary/aromatic N) is 2. The Hall–Kier alpha value is -3.16. The zero-order valence-corrected chi connectivity index (χ0v) is 24.8. The Labute approximate surface area is 232 Å². The molecule has 0 unspecified atom stereocenters. The fourth-order valence-corrected chi connectivity index (χ4v) is 5.21. The summed E-state index contributed by atoms with van der Waals surface area (Å²) >= 11 is 0. The molecule has 0 bridgehead atoms. The van der Waals surface area contributed by atoms with Gasteiger partial charge in [0.25, 0.3) is 0 Å². The first-order valence-electron chi connectivity index (χ1n) is 13.9. The van der Waals surface area contributed by atoms with Crippen LogP contribution in [0.4, 0.5) is 9.59 Å². The van der Waals surface area contributed by atoms with Crippen LogP contribution in [0.2, 0.25) is 0 Å². The zero-order valence-electron chi connectivity index (χ0n) is 24.8. The molecule has 2 amide bonds. The number of hydrogen-bond acceptors (Lipinski definition) is 6. The maximum absolute atomic E-state index is 13.6. The van der Waals surface area contributed by atoms with E-state index in [4.69, 9.17) is 9.47 Å². The molecule has 1 aromatic carbocycles. The lowest BCUT2D eigenvalue weighted by molar-refractivity contribution is 0.0285. The molecule has 3 rings (SSSR count). The number of Topliss-reactive ketones (excluding diaryl/α,β-unsaturated/α-hetero) is 2. The highest BCUT2D eigenvalue weighted by molar-refractivity contribution is 6.26. The number of ether oxygens (including phenoxy) is 2. The van der Waals surface area contributed by atoms with Crippen LogP contribution in [0.3, 0.4) is 0 Å². The van der Waals surface area contributed by atoms with Gasteiger partial charge < -0.3 is 19.3 Å². The summed E-state index contributed by atoms with van der Waals surface area (Å²) in [7, 11) is 3.12. The smallest absolute Gasteiger partial charge is 0.415 e. The van der Waals surface area contributed by atoms with Gasteiger partial charge in [0.2, 0.25) is 5.78 Å². The molecule has 1 aromatic rings. The summed E-state index contributed by atoms with van der Waals surface area (Å²) in [6.45, 7) is 12.5. The van der Waals surface area contributed by atoms with Crippen LogP contribution in [-0.4, -0.2) is 66.3 Å². The van der Waals surface area contributed by atoms with Crippen LogP contribution in [-0.2, 0) is 9.47 Å². The summed E-state index contributed by atoms with van der Waals surface area (Å²) in [5.41, 5.74) is 0.494. The summed E-state index contributed by atoms with van der Waals surface area (Å²) < 4.78 is 11.0. The molecule has 2 aliphatic carbocycles. The second-order valence-electron chi connectivity index (χ2n) is 13.0. The standard InChI is InChI=1S/C31H44N2O6/c1-30(2,3)21-15-13-20(14-16-21)19-24-25(34)22-11-9-10-12-23(22)26(35)27(24)38-28(36)32(7)17-18-33(8)29(37)39-31(4,5)6/h9-12,20-21H,13-19H2,1-8H3. The number of ketones is 2. The minimum absolute atomic E-state index is 0.159. The van der Waals surface area contributed by atoms with Crippen LogP contribution in [0.1, 0.15) is 94.4 Å². The Balaban J connectivity index is 1.75. The number of benzene rings is 1. The molecule has 8 heteroatoms. The van der Waals surface area contributed by atoms with E-state index in [0.29, 0.717) is 17.9 Å². The lowest BCUT2D eigenvalue weighted by Crippen LogP contribution is -2.40. The second kappa shape index (κ2) is 11.9. The fourth-order valence-electron chi connectivity index (χ4n) is 5.21. The average Bonchev–Trinajstić information content (AvgIpc) is 2.86. The molecule has 2 aliphatic rings. The van der Waals surface area contributed by atoms with Crippen molar-refractivity contribution in [1.82, 2.24) is 9.80 Å². The van der Waals surface area contributed by atoms with Crippen LogP contribution < -0.4 is 0 Å². The number of hydrogen-bond donors (Lipinski definition) is 0. The van der Waals surface area contributed by atoms with Gasteiger partial charge in [-0.15, -0.1) is 0 Å². The van der Waals surface area contributed by atoms with E-state index in [9.17, 15) is 19.2 Å². The third-order valence-electron chi connectivity index (χ3n) is 7.71. The van der Waals surface area contributed by atoms with Crippen LogP contribution in [0.15, 0.2) is 35.6 Å². The van der Waals surface area contributed by atoms with E-state index in [1.165, 1.54) is 16.8 Å². The van der Waals surface area contributed by atoms with E-state index >= 15 is 0 Å². The average molecular weight is 541 g/mol. The van der Waals surface area contributed by atoms with Gasteiger partial charge in [-0.25, -0.2) is 9.59 Å². The molecular formula is C31H44N2O6. The maximum Gasteiger partial charge on any atom is 0.415 e. The first-order valence-corrected chi connectivity index (χ1v) is 13.9. The molecule has 8 nitrogen and oxygen atoms in total. The predicted molar refractivity (Wildman–Crippen MR) is 150 cm³/mol. The molecule has 0 spiro atoms. The SMILES string of the molecule is CN(CCN(C)C(=O)OC(C)(C)C)C(=O)OC1=C(CC2CCC(C(C)(C)C)CC2)C(=O)c2ccccc2C1=O. The van der Waals surface area contributed by atoms with Gasteiger partial charge in [-0.05, 0) is 70.1 Å². The van der Waals surface area contributed by atoms with Gasteiger partial charge in [-0.1, -0.05) is 45.0 Å². The molecule has 1 fully saturated rings. The molecule has 0 heterocycles. The largest absolute Gasteiger partial charge is 0.444 e. The van der Waals surface area contributed by atoms with Crippen molar-refractivity contribution in [3.05, 3.63) is 46.7 Å². The second-order valence-corrected chi connectivity index (χ2v) is 13.0. The molecule has 0 aliphatic heterocycles. The van der Waals surface area contributed by atoms with Gasteiger partial charge in [-0.3, -0.25) is 9.59 Å². The fraction of sp³-hybridized carbons (Fsp3) is 0.613. The van der Waals surface area contributed by atoms with E-state index < -0.39 is 23.6 Å². The third-order valence-corrected chi connectivity index (χ3v) is 7.71. The van der Waals surface area contributed by atoms with E-state index in [-0.39, 0.29) is 47.1 Å². The topological polar surface area (TPSA) is 93.2 Å². The van der Waals surface area contributed by atoms with E-state index in [2.05, 4.69) is 20.8 Å². The van der Waals surface area contributed by atoms with Crippen LogP contribution in [0.25, 0.3) is 0 Å². The lowest BCUT2D eigenvalue weighted by Gasteiger charge is -2.37. The third kappa shape index (κ3) is 7.70. The normalized spacial score (nSPS) is 19.9. The number of fused-ring (bicyclic) bond motifs is 1. The maximum atomic E-state index is 13.6. The number of allylic oxidation sites excluding steroid dienone is 2. The van der Waals surface area contributed by atoms with Crippen LogP contribution in [0.5, 0.6) is 0 Å². The van der Waals surface area contributed by atoms with Gasteiger partial charge in [0.1, 0.15) is 5.60 Å². The van der Waals surface area contributed by atoms with Crippen molar-refractivity contribution < 1.29 is 28.7 Å². The molecule has 39 heavy (non-hydrogen) atoms. The highest BCUT2D eigenvalue weighted by Crippen LogP contribution is 2.42. The molecule has 0 N–H and O–H groups in total. The first kappa shape index (κ1) is 30.4. The number of carbonyl (C=O) groups is 4. The monoisotopic (exact) mass is 540 g/mol. The molecule has 0 radical (unpaired) electrons. The van der Waals surface area contributed by atoms with E-state index in [1.807, 2.05) is 0 Å². The Morgan fingerprint density at radius 1 is 0.821 bits per heavy atom. The number of carbonyl (C=O) groups excluding carboxylic acids is 4. The number of rotatable bonds is 6. The van der Waals surface area contributed by atoms with Gasteiger partial charge in [0, 0.05) is 43.9 Å². The summed E-state index contributed by atoms with van der Waals surface area (Å²) in [5, 5.41) is 0. The van der Waals surface area contributed by atoms with Crippen LogP contribution >= 0.6 is 0 Å². The first-order chi connectivity index (χ1) is 18.1. The van der Waals surface area contributed by atoms with Crippen molar-refractivity contribution in [3.63, 3.8) is 0 Å². The Bertz CT molecular complexity index is 1130.